The van der Waals surface area contributed by atoms with Crippen LogP contribution in [0.2, 0.25) is 0 Å². The first kappa shape index (κ1) is 9.02. The van der Waals surface area contributed by atoms with Crippen molar-refractivity contribution in [3.63, 3.8) is 0 Å². The number of nitrogens with one attached hydrogen (secondary N) is 2. The van der Waals surface area contributed by atoms with Gasteiger partial charge in [0.25, 0.3) is 0 Å². The van der Waals surface area contributed by atoms with Gasteiger partial charge in [-0.15, -0.1) is 0 Å². The molecule has 0 aromatic heterocycles. The highest BCUT2D eigenvalue weighted by atomic mass is 16.4. The summed E-state index contributed by atoms with van der Waals surface area (Å²) >= 11 is 0. The van der Waals surface area contributed by atoms with E-state index in [0.29, 0.717) is 13.0 Å². The van der Waals surface area contributed by atoms with E-state index in [-0.39, 0.29) is 17.4 Å². The first-order valence-corrected chi connectivity index (χ1v) is 3.80. The van der Waals surface area contributed by atoms with Crippen molar-refractivity contribution in [1.29, 1.82) is 0 Å². The number of carbonyl (C=O) groups is 1. The Labute approximate surface area is 70.1 Å². The fourth-order valence-corrected chi connectivity index (χ4v) is 1.04. The molecule has 12 heavy (non-hydrogen) atoms. The zero-order valence-corrected chi connectivity index (χ0v) is 6.79. The molecule has 1 heterocycles. The second-order valence-corrected chi connectivity index (χ2v) is 2.60. The fraction of sp³-hybridized carbons (Fsp3) is 0.571. The van der Waals surface area contributed by atoms with Crippen molar-refractivity contribution in [2.24, 2.45) is 0 Å². The molecule has 5 heteroatoms. The standard InChI is InChI=1S/C7H12N2O3/c1-2-5(10)6(7(11)12)4-3-8-9-4/h4,8-10H,2-3H2,1H3,(H,11,12)/b6-5+/t4-/m0/s1. The number of aliphatic carboxylic acids is 1. The summed E-state index contributed by atoms with van der Waals surface area (Å²) in [7, 11) is 0. The maximum atomic E-state index is 10.6. The lowest BCUT2D eigenvalue weighted by atomic mass is 10.0. The van der Waals surface area contributed by atoms with Crippen LogP contribution in [0.15, 0.2) is 11.3 Å². The molecule has 1 saturated heterocycles. The highest BCUT2D eigenvalue weighted by molar-refractivity contribution is 5.88. The van der Waals surface area contributed by atoms with E-state index in [0.717, 1.165) is 0 Å². The van der Waals surface area contributed by atoms with Crippen LogP contribution in [0.1, 0.15) is 13.3 Å². The Hall–Kier alpha value is -1.07. The molecule has 0 radical (unpaired) electrons. The molecule has 0 saturated carbocycles. The summed E-state index contributed by atoms with van der Waals surface area (Å²) in [6, 6.07) is -0.262. The van der Waals surface area contributed by atoms with Crippen LogP contribution in [0.25, 0.3) is 0 Å². The van der Waals surface area contributed by atoms with Crippen molar-refractivity contribution in [3.05, 3.63) is 11.3 Å². The Morgan fingerprint density at radius 1 is 1.58 bits per heavy atom. The molecule has 68 valence electrons. The van der Waals surface area contributed by atoms with Gasteiger partial charge in [-0.2, -0.15) is 0 Å². The number of allylic oxidation sites excluding steroid dienone is 1. The number of aliphatic hydroxyl groups is 1. The highest BCUT2D eigenvalue weighted by Crippen LogP contribution is 2.12. The zero-order valence-electron chi connectivity index (χ0n) is 6.79. The van der Waals surface area contributed by atoms with E-state index in [1.165, 1.54) is 0 Å². The molecule has 0 aromatic carbocycles. The summed E-state index contributed by atoms with van der Waals surface area (Å²) in [5, 5.41) is 18.0. The highest BCUT2D eigenvalue weighted by Gasteiger charge is 2.28. The summed E-state index contributed by atoms with van der Waals surface area (Å²) in [6.07, 6.45) is 0.347. The number of carboxylic acids is 1. The predicted octanol–water partition coefficient (Wildman–Crippen LogP) is -0.230. The van der Waals surface area contributed by atoms with E-state index in [1.54, 1.807) is 6.92 Å². The number of rotatable bonds is 3. The van der Waals surface area contributed by atoms with Gasteiger partial charge in [0.05, 0.1) is 11.6 Å². The maximum absolute atomic E-state index is 10.6. The number of aliphatic hydroxyl groups excluding tert-OH is 1. The van der Waals surface area contributed by atoms with Gasteiger partial charge in [-0.3, -0.25) is 5.43 Å². The van der Waals surface area contributed by atoms with E-state index in [1.807, 2.05) is 0 Å². The van der Waals surface area contributed by atoms with Gasteiger partial charge < -0.3 is 10.2 Å². The van der Waals surface area contributed by atoms with E-state index < -0.39 is 5.97 Å². The van der Waals surface area contributed by atoms with E-state index >= 15 is 0 Å². The second-order valence-electron chi connectivity index (χ2n) is 2.60. The van der Waals surface area contributed by atoms with Gasteiger partial charge in [-0.1, -0.05) is 6.92 Å². The van der Waals surface area contributed by atoms with Crippen LogP contribution < -0.4 is 10.9 Å². The second kappa shape index (κ2) is 3.55. The van der Waals surface area contributed by atoms with Gasteiger partial charge in [-0.25, -0.2) is 10.2 Å². The van der Waals surface area contributed by atoms with Crippen molar-refractivity contribution in [2.75, 3.05) is 6.54 Å². The Morgan fingerprint density at radius 3 is 2.42 bits per heavy atom. The Bertz CT molecular complexity index is 221. The first-order chi connectivity index (χ1) is 5.66. The molecular formula is C7H12N2O3. The summed E-state index contributed by atoms with van der Waals surface area (Å²) in [6.45, 7) is 2.26. The van der Waals surface area contributed by atoms with Gasteiger partial charge in [0.1, 0.15) is 5.76 Å². The van der Waals surface area contributed by atoms with Crippen LogP contribution in [-0.2, 0) is 4.79 Å². The average Bonchev–Trinajstić information content (AvgIpc) is 1.94. The van der Waals surface area contributed by atoms with Crippen LogP contribution >= 0.6 is 0 Å². The van der Waals surface area contributed by atoms with Crippen LogP contribution in [0.3, 0.4) is 0 Å². The molecule has 0 unspecified atom stereocenters. The number of hydrogen-bond acceptors (Lipinski definition) is 4. The number of hydrazine groups is 1. The third kappa shape index (κ3) is 1.57. The lowest BCUT2D eigenvalue weighted by Gasteiger charge is -2.29. The van der Waals surface area contributed by atoms with Gasteiger partial charge in [-0.05, 0) is 0 Å². The van der Waals surface area contributed by atoms with Crippen molar-refractivity contribution in [3.8, 4) is 0 Å². The van der Waals surface area contributed by atoms with Crippen molar-refractivity contribution >= 4 is 5.97 Å². The molecule has 0 aromatic rings. The van der Waals surface area contributed by atoms with E-state index in [4.69, 9.17) is 5.11 Å². The molecule has 1 rings (SSSR count). The monoisotopic (exact) mass is 172 g/mol. The quantitative estimate of drug-likeness (QED) is 0.349. The minimum absolute atomic E-state index is 0.0542. The summed E-state index contributed by atoms with van der Waals surface area (Å²) in [5.74, 6) is -1.12. The molecule has 0 aliphatic carbocycles. The largest absolute Gasteiger partial charge is 0.512 e. The molecule has 0 amide bonds. The van der Waals surface area contributed by atoms with Gasteiger partial charge >= 0.3 is 5.97 Å². The van der Waals surface area contributed by atoms with Crippen molar-refractivity contribution in [1.82, 2.24) is 10.9 Å². The SMILES string of the molecule is CC/C(O)=C(\C(=O)O)[C@@H]1CNN1. The van der Waals surface area contributed by atoms with Crippen LogP contribution in [-0.4, -0.2) is 28.8 Å². The topological polar surface area (TPSA) is 81.6 Å². The van der Waals surface area contributed by atoms with Crippen LogP contribution in [0.4, 0.5) is 0 Å². The average molecular weight is 172 g/mol. The number of hydrogen-bond donors (Lipinski definition) is 4. The smallest absolute Gasteiger partial charge is 0.336 e. The molecular weight excluding hydrogens is 160 g/mol. The van der Waals surface area contributed by atoms with E-state index in [9.17, 15) is 9.90 Å². The maximum Gasteiger partial charge on any atom is 0.336 e. The van der Waals surface area contributed by atoms with Gasteiger partial charge in [0.15, 0.2) is 0 Å². The molecule has 1 atom stereocenters. The molecule has 1 aliphatic heterocycles. The Morgan fingerprint density at radius 2 is 2.17 bits per heavy atom. The number of carboxylic acid groups (broad SMARTS) is 1. The Balaban J connectivity index is 2.79. The molecule has 4 N–H and O–H groups in total. The van der Waals surface area contributed by atoms with Crippen molar-refractivity contribution < 1.29 is 15.0 Å². The summed E-state index contributed by atoms with van der Waals surface area (Å²) in [4.78, 5) is 10.6. The van der Waals surface area contributed by atoms with Crippen LogP contribution in [0, 0.1) is 0 Å². The first-order valence-electron chi connectivity index (χ1n) is 3.80. The lowest BCUT2D eigenvalue weighted by Crippen LogP contribution is -2.61. The lowest BCUT2D eigenvalue weighted by molar-refractivity contribution is -0.133. The summed E-state index contributed by atoms with van der Waals surface area (Å²) < 4.78 is 0. The van der Waals surface area contributed by atoms with Crippen molar-refractivity contribution in [2.45, 2.75) is 19.4 Å². The van der Waals surface area contributed by atoms with Gasteiger partial charge in [0.2, 0.25) is 0 Å². The normalized spacial score (nSPS) is 24.2. The minimum Gasteiger partial charge on any atom is -0.512 e. The zero-order chi connectivity index (χ0) is 9.14. The minimum atomic E-state index is -1.06. The molecule has 0 bridgehead atoms. The molecule has 1 aliphatic rings. The summed E-state index contributed by atoms with van der Waals surface area (Å²) in [5.41, 5.74) is 5.48. The molecule has 5 nitrogen and oxygen atoms in total. The van der Waals surface area contributed by atoms with Crippen LogP contribution in [0.5, 0.6) is 0 Å². The fourth-order valence-electron chi connectivity index (χ4n) is 1.04. The third-order valence-electron chi connectivity index (χ3n) is 1.81. The Kier molecular flexibility index (Phi) is 2.67. The predicted molar refractivity (Wildman–Crippen MR) is 42.5 cm³/mol. The molecule has 0 spiro atoms. The molecule has 1 fully saturated rings. The van der Waals surface area contributed by atoms with Gasteiger partial charge in [0, 0.05) is 13.0 Å². The third-order valence-corrected chi connectivity index (χ3v) is 1.81. The van der Waals surface area contributed by atoms with E-state index in [2.05, 4.69) is 10.9 Å².